The molecule has 4 rings (SSSR count). The largest absolute Gasteiger partial charge is 0.497 e. The van der Waals surface area contributed by atoms with Gasteiger partial charge in [-0.15, -0.1) is 11.3 Å². The zero-order valence-corrected chi connectivity index (χ0v) is 19.4. The number of rotatable bonds is 7. The molecule has 0 saturated carbocycles. The van der Waals surface area contributed by atoms with Crippen molar-refractivity contribution in [2.24, 2.45) is 5.92 Å². The van der Waals surface area contributed by atoms with E-state index >= 15 is 0 Å². The van der Waals surface area contributed by atoms with E-state index in [0.29, 0.717) is 49.8 Å². The van der Waals surface area contributed by atoms with E-state index in [0.717, 1.165) is 22.6 Å². The lowest BCUT2D eigenvalue weighted by Crippen LogP contribution is -2.42. The molecule has 1 aliphatic heterocycles. The number of benzene rings is 1. The SMILES string of the molecule is COc1ccc(CNC(=O)C2CCN(S(=O)(=O)c3cc(-c4noc(C)n4)cs3)CC2)cc1. The van der Waals surface area contributed by atoms with Crippen LogP contribution in [-0.2, 0) is 21.4 Å². The summed E-state index contributed by atoms with van der Waals surface area (Å²) in [5.74, 6) is 1.29. The summed E-state index contributed by atoms with van der Waals surface area (Å²) < 4.78 is 37.8. The molecule has 0 radical (unpaired) electrons. The third-order valence-corrected chi connectivity index (χ3v) is 8.72. The highest BCUT2D eigenvalue weighted by atomic mass is 32.2. The Morgan fingerprint density at radius 3 is 2.62 bits per heavy atom. The second-order valence-corrected chi connectivity index (χ2v) is 10.6. The predicted molar refractivity (Wildman–Crippen MR) is 119 cm³/mol. The molecule has 9 nitrogen and oxygen atoms in total. The van der Waals surface area contributed by atoms with Gasteiger partial charge in [-0.1, -0.05) is 17.3 Å². The normalized spacial score (nSPS) is 15.6. The Labute approximate surface area is 190 Å². The summed E-state index contributed by atoms with van der Waals surface area (Å²) in [6.07, 6.45) is 0.964. The van der Waals surface area contributed by atoms with E-state index in [1.807, 2.05) is 24.3 Å². The lowest BCUT2D eigenvalue weighted by molar-refractivity contribution is -0.126. The van der Waals surface area contributed by atoms with Crippen molar-refractivity contribution in [3.05, 3.63) is 47.2 Å². The molecule has 1 amide bonds. The number of amides is 1. The maximum atomic E-state index is 13.0. The van der Waals surface area contributed by atoms with Gasteiger partial charge in [0.25, 0.3) is 10.0 Å². The van der Waals surface area contributed by atoms with Gasteiger partial charge in [-0.25, -0.2) is 8.42 Å². The van der Waals surface area contributed by atoms with E-state index in [-0.39, 0.29) is 16.0 Å². The van der Waals surface area contributed by atoms with E-state index in [4.69, 9.17) is 9.26 Å². The van der Waals surface area contributed by atoms with Crippen LogP contribution in [0.3, 0.4) is 0 Å². The number of carbonyl (C=O) groups is 1. The minimum Gasteiger partial charge on any atom is -0.497 e. The average Bonchev–Trinajstić information content (AvgIpc) is 3.47. The predicted octanol–water partition coefficient (Wildman–Crippen LogP) is 2.83. The number of piperidine rings is 1. The summed E-state index contributed by atoms with van der Waals surface area (Å²) in [7, 11) is -2.02. The molecule has 1 saturated heterocycles. The van der Waals surface area contributed by atoms with Gasteiger partial charge in [0.05, 0.1) is 7.11 Å². The van der Waals surface area contributed by atoms with Crippen molar-refractivity contribution in [3.63, 3.8) is 0 Å². The van der Waals surface area contributed by atoms with Crippen LogP contribution < -0.4 is 10.1 Å². The smallest absolute Gasteiger partial charge is 0.252 e. The van der Waals surface area contributed by atoms with Crippen LogP contribution in [0.25, 0.3) is 11.4 Å². The standard InChI is InChI=1S/C21H24N4O5S2/c1-14-23-20(24-30-14)17-11-19(31-13-17)32(27,28)25-9-7-16(8-10-25)21(26)22-12-15-3-5-18(29-2)6-4-15/h3-6,11,13,16H,7-10,12H2,1-2H3,(H,22,26). The van der Waals surface area contributed by atoms with E-state index in [1.54, 1.807) is 25.5 Å². The summed E-state index contributed by atoms with van der Waals surface area (Å²) in [4.78, 5) is 16.7. The summed E-state index contributed by atoms with van der Waals surface area (Å²) >= 11 is 1.13. The van der Waals surface area contributed by atoms with Gasteiger partial charge in [0, 0.05) is 43.4 Å². The molecule has 0 spiro atoms. The van der Waals surface area contributed by atoms with Crippen molar-refractivity contribution < 1.29 is 22.5 Å². The molecule has 1 aromatic carbocycles. The molecule has 170 valence electrons. The van der Waals surface area contributed by atoms with Crippen molar-refractivity contribution in [1.29, 1.82) is 0 Å². The molecule has 11 heteroatoms. The maximum Gasteiger partial charge on any atom is 0.252 e. The highest BCUT2D eigenvalue weighted by Gasteiger charge is 2.33. The summed E-state index contributed by atoms with van der Waals surface area (Å²) in [5.41, 5.74) is 1.59. The van der Waals surface area contributed by atoms with E-state index in [9.17, 15) is 13.2 Å². The van der Waals surface area contributed by atoms with Crippen molar-refractivity contribution in [2.45, 2.75) is 30.5 Å². The summed E-state index contributed by atoms with van der Waals surface area (Å²) in [5, 5.41) is 8.48. The van der Waals surface area contributed by atoms with Crippen molar-refractivity contribution in [2.75, 3.05) is 20.2 Å². The molecule has 2 aromatic heterocycles. The first-order valence-corrected chi connectivity index (χ1v) is 12.5. The zero-order chi connectivity index (χ0) is 22.7. The number of methoxy groups -OCH3 is 1. The molecule has 1 N–H and O–H groups in total. The first-order valence-electron chi connectivity index (χ1n) is 10.2. The minimum absolute atomic E-state index is 0.0521. The van der Waals surface area contributed by atoms with Crippen molar-refractivity contribution in [3.8, 4) is 17.1 Å². The Bertz CT molecular complexity index is 1180. The third kappa shape index (κ3) is 4.84. The van der Waals surface area contributed by atoms with Crippen LogP contribution in [0.5, 0.6) is 5.75 Å². The topological polar surface area (TPSA) is 115 Å². The quantitative estimate of drug-likeness (QED) is 0.558. The molecule has 0 unspecified atom stereocenters. The Balaban J connectivity index is 1.32. The molecule has 3 aromatic rings. The van der Waals surface area contributed by atoms with Gasteiger partial charge in [0.2, 0.25) is 17.6 Å². The number of carbonyl (C=O) groups excluding carboxylic acids is 1. The Kier molecular flexibility index (Phi) is 6.58. The van der Waals surface area contributed by atoms with Gasteiger partial charge >= 0.3 is 0 Å². The molecule has 0 atom stereocenters. The van der Waals surface area contributed by atoms with E-state index in [2.05, 4.69) is 15.5 Å². The van der Waals surface area contributed by atoms with Crippen molar-refractivity contribution in [1.82, 2.24) is 19.8 Å². The van der Waals surface area contributed by atoms with Crippen LogP contribution in [0.4, 0.5) is 0 Å². The molecule has 1 aliphatic rings. The average molecular weight is 477 g/mol. The fourth-order valence-corrected chi connectivity index (χ4v) is 6.33. The number of aryl methyl sites for hydroxylation is 1. The van der Waals surface area contributed by atoms with Gasteiger partial charge in [-0.2, -0.15) is 9.29 Å². The number of nitrogens with one attached hydrogen (secondary N) is 1. The molecule has 32 heavy (non-hydrogen) atoms. The van der Waals surface area contributed by atoms with Crippen LogP contribution in [0.2, 0.25) is 0 Å². The van der Waals surface area contributed by atoms with Crippen molar-refractivity contribution >= 4 is 27.3 Å². The van der Waals surface area contributed by atoms with Gasteiger partial charge in [0.1, 0.15) is 9.96 Å². The fraction of sp³-hybridized carbons (Fsp3) is 0.381. The van der Waals surface area contributed by atoms with Crippen LogP contribution in [0, 0.1) is 12.8 Å². The van der Waals surface area contributed by atoms with E-state index in [1.165, 1.54) is 4.31 Å². The second kappa shape index (κ2) is 9.39. The first kappa shape index (κ1) is 22.4. The maximum absolute atomic E-state index is 13.0. The highest BCUT2D eigenvalue weighted by Crippen LogP contribution is 2.31. The number of nitrogens with zero attached hydrogens (tertiary/aromatic N) is 3. The number of ether oxygens (including phenoxy) is 1. The van der Waals surface area contributed by atoms with Crippen LogP contribution in [0.1, 0.15) is 24.3 Å². The van der Waals surface area contributed by atoms with Gasteiger partial charge in [-0.3, -0.25) is 4.79 Å². The van der Waals surface area contributed by atoms with Crippen LogP contribution >= 0.6 is 11.3 Å². The number of hydrogen-bond acceptors (Lipinski definition) is 8. The molecular formula is C21H24N4O5S2. The van der Waals surface area contributed by atoms with E-state index < -0.39 is 10.0 Å². The lowest BCUT2D eigenvalue weighted by atomic mass is 9.97. The van der Waals surface area contributed by atoms with Crippen LogP contribution in [0.15, 0.2) is 44.4 Å². The molecule has 0 bridgehead atoms. The first-order chi connectivity index (χ1) is 15.4. The Morgan fingerprint density at radius 1 is 1.28 bits per heavy atom. The van der Waals surface area contributed by atoms with Crippen LogP contribution in [-0.4, -0.2) is 49.0 Å². The number of sulfonamides is 1. The molecular weight excluding hydrogens is 452 g/mol. The summed E-state index contributed by atoms with van der Waals surface area (Å²) in [6.45, 7) is 2.71. The van der Waals surface area contributed by atoms with Gasteiger partial charge in [0.15, 0.2) is 0 Å². The lowest BCUT2D eigenvalue weighted by Gasteiger charge is -2.30. The minimum atomic E-state index is -3.63. The number of hydrogen-bond donors (Lipinski definition) is 1. The van der Waals surface area contributed by atoms with Gasteiger partial charge in [-0.05, 0) is 36.6 Å². The highest BCUT2D eigenvalue weighted by molar-refractivity contribution is 7.91. The Morgan fingerprint density at radius 2 is 2.00 bits per heavy atom. The third-order valence-electron chi connectivity index (χ3n) is 5.41. The molecule has 1 fully saturated rings. The molecule has 0 aliphatic carbocycles. The number of aromatic nitrogens is 2. The monoisotopic (exact) mass is 476 g/mol. The zero-order valence-electron chi connectivity index (χ0n) is 17.8. The number of thiophene rings is 1. The fourth-order valence-electron chi connectivity index (χ4n) is 3.55. The summed E-state index contributed by atoms with van der Waals surface area (Å²) in [6, 6.07) is 9.07. The Hall–Kier alpha value is -2.76. The molecule has 3 heterocycles. The van der Waals surface area contributed by atoms with Gasteiger partial charge < -0.3 is 14.6 Å². The second-order valence-electron chi connectivity index (χ2n) is 7.54.